The summed E-state index contributed by atoms with van der Waals surface area (Å²) in [7, 11) is 1.55. The minimum Gasteiger partial charge on any atom is -0.497 e. The van der Waals surface area contributed by atoms with E-state index in [1.807, 2.05) is 0 Å². The summed E-state index contributed by atoms with van der Waals surface area (Å²) in [5.74, 6) is 0.129. The summed E-state index contributed by atoms with van der Waals surface area (Å²) in [5.41, 5.74) is 2.85. The maximum absolute atomic E-state index is 13.7. The van der Waals surface area contributed by atoms with Crippen LogP contribution >= 0.6 is 23.2 Å². The third kappa shape index (κ3) is 4.10. The molecule has 2 aromatic carbocycles. The van der Waals surface area contributed by atoms with E-state index in [1.54, 1.807) is 31.4 Å². The Morgan fingerprint density at radius 3 is 2.63 bits per heavy atom. The number of anilines is 1. The van der Waals surface area contributed by atoms with E-state index in [4.69, 9.17) is 27.9 Å². The van der Waals surface area contributed by atoms with Gasteiger partial charge >= 0.3 is 0 Å². The molecule has 1 heterocycles. The second-order valence-corrected chi connectivity index (χ2v) is 6.08. The van der Waals surface area contributed by atoms with E-state index in [-0.39, 0.29) is 21.3 Å². The average molecular weight is 407 g/mol. The number of hydrazone groups is 1. The summed E-state index contributed by atoms with van der Waals surface area (Å²) in [4.78, 5) is 12.5. The van der Waals surface area contributed by atoms with Crippen molar-refractivity contribution in [3.63, 3.8) is 0 Å². The normalized spacial score (nSPS) is 11.0. The highest BCUT2D eigenvalue weighted by Crippen LogP contribution is 2.19. The van der Waals surface area contributed by atoms with Crippen LogP contribution in [-0.2, 0) is 0 Å². The first kappa shape index (κ1) is 18.9. The van der Waals surface area contributed by atoms with Crippen molar-refractivity contribution in [1.29, 1.82) is 0 Å². The standard InChI is InChI=1S/C18H13Cl2FN4O2/c1-27-12-7-5-11(6-8-12)25-18(26)17(20)16(10-23-25)24-22-9-13-14(19)3-2-4-15(13)21/h2-10,24H,1H3/b22-9-. The van der Waals surface area contributed by atoms with Crippen molar-refractivity contribution < 1.29 is 9.13 Å². The van der Waals surface area contributed by atoms with Crippen LogP contribution in [0.15, 0.2) is 58.6 Å². The molecule has 0 unspecified atom stereocenters. The zero-order valence-electron chi connectivity index (χ0n) is 14.0. The monoisotopic (exact) mass is 406 g/mol. The summed E-state index contributed by atoms with van der Waals surface area (Å²) in [6.45, 7) is 0. The molecule has 0 atom stereocenters. The number of hydrogen-bond donors (Lipinski definition) is 1. The molecule has 6 nitrogen and oxygen atoms in total. The predicted molar refractivity (Wildman–Crippen MR) is 104 cm³/mol. The van der Waals surface area contributed by atoms with Crippen molar-refractivity contribution >= 4 is 35.1 Å². The van der Waals surface area contributed by atoms with Crippen LogP contribution in [0.2, 0.25) is 10.0 Å². The fourth-order valence-corrected chi connectivity index (χ4v) is 2.60. The van der Waals surface area contributed by atoms with Crippen LogP contribution < -0.4 is 15.7 Å². The third-order valence-electron chi connectivity index (χ3n) is 3.61. The Morgan fingerprint density at radius 2 is 1.96 bits per heavy atom. The third-order valence-corrected chi connectivity index (χ3v) is 4.31. The lowest BCUT2D eigenvalue weighted by Crippen LogP contribution is -2.22. The number of nitrogens with one attached hydrogen (secondary N) is 1. The second-order valence-electron chi connectivity index (χ2n) is 5.29. The van der Waals surface area contributed by atoms with Crippen molar-refractivity contribution in [2.45, 2.75) is 0 Å². The number of rotatable bonds is 5. The van der Waals surface area contributed by atoms with Gasteiger partial charge in [-0.2, -0.15) is 14.9 Å². The average Bonchev–Trinajstić information content (AvgIpc) is 2.67. The van der Waals surface area contributed by atoms with Gasteiger partial charge < -0.3 is 4.74 Å². The number of halogens is 3. The molecule has 0 bridgehead atoms. The molecule has 0 saturated carbocycles. The van der Waals surface area contributed by atoms with Crippen molar-refractivity contribution in [2.24, 2.45) is 5.10 Å². The van der Waals surface area contributed by atoms with E-state index in [0.717, 1.165) is 4.68 Å². The lowest BCUT2D eigenvalue weighted by molar-refractivity contribution is 0.414. The molecule has 0 saturated heterocycles. The molecule has 3 aromatic rings. The first-order chi connectivity index (χ1) is 13.0. The molecule has 0 aliphatic carbocycles. The van der Waals surface area contributed by atoms with Gasteiger partial charge in [-0.25, -0.2) is 4.39 Å². The zero-order chi connectivity index (χ0) is 19.4. The van der Waals surface area contributed by atoms with E-state index in [0.29, 0.717) is 11.4 Å². The number of methoxy groups -OCH3 is 1. The summed E-state index contributed by atoms with van der Waals surface area (Å²) in [6.07, 6.45) is 2.54. The fourth-order valence-electron chi connectivity index (χ4n) is 2.22. The predicted octanol–water partition coefficient (Wildman–Crippen LogP) is 4.13. The molecular formula is C18H13Cl2FN4O2. The summed E-state index contributed by atoms with van der Waals surface area (Å²) < 4.78 is 19.9. The van der Waals surface area contributed by atoms with E-state index in [1.165, 1.54) is 30.6 Å². The van der Waals surface area contributed by atoms with Gasteiger partial charge in [0.25, 0.3) is 5.56 Å². The summed E-state index contributed by atoms with van der Waals surface area (Å²) in [5, 5.41) is 8.03. The SMILES string of the molecule is COc1ccc(-n2ncc(N/N=C\c3c(F)cccc3Cl)c(Cl)c2=O)cc1. The Hall–Kier alpha value is -2.90. The molecular weight excluding hydrogens is 394 g/mol. The van der Waals surface area contributed by atoms with Crippen LogP contribution in [0.1, 0.15) is 5.56 Å². The number of benzene rings is 2. The first-order valence-corrected chi connectivity index (χ1v) is 8.42. The molecule has 9 heteroatoms. The lowest BCUT2D eigenvalue weighted by atomic mass is 10.2. The Morgan fingerprint density at radius 1 is 1.22 bits per heavy atom. The molecule has 3 rings (SSSR count). The smallest absolute Gasteiger partial charge is 0.292 e. The Balaban J connectivity index is 1.84. The number of ether oxygens (including phenoxy) is 1. The number of aromatic nitrogens is 2. The quantitative estimate of drug-likeness (QED) is 0.510. The van der Waals surface area contributed by atoms with Gasteiger partial charge in [-0.3, -0.25) is 10.2 Å². The van der Waals surface area contributed by atoms with Crippen molar-refractivity contribution in [3.05, 3.63) is 80.4 Å². The highest BCUT2D eigenvalue weighted by molar-refractivity contribution is 6.33. The van der Waals surface area contributed by atoms with Crippen LogP contribution in [0.4, 0.5) is 10.1 Å². The van der Waals surface area contributed by atoms with Crippen molar-refractivity contribution in [1.82, 2.24) is 9.78 Å². The van der Waals surface area contributed by atoms with Gasteiger partial charge in [0.05, 0.1) is 30.2 Å². The van der Waals surface area contributed by atoms with Crippen LogP contribution in [0, 0.1) is 5.82 Å². The van der Waals surface area contributed by atoms with Gasteiger partial charge in [-0.05, 0) is 36.4 Å². The maximum Gasteiger partial charge on any atom is 0.292 e. The summed E-state index contributed by atoms with van der Waals surface area (Å²) in [6, 6.07) is 11.0. The fraction of sp³-hybridized carbons (Fsp3) is 0.0556. The molecule has 0 spiro atoms. The largest absolute Gasteiger partial charge is 0.497 e. The van der Waals surface area contributed by atoms with Gasteiger partial charge in [0.15, 0.2) is 0 Å². The van der Waals surface area contributed by atoms with Crippen molar-refractivity contribution in [2.75, 3.05) is 12.5 Å². The maximum atomic E-state index is 13.7. The molecule has 0 radical (unpaired) electrons. The second kappa shape index (κ2) is 8.20. The Kier molecular flexibility index (Phi) is 5.73. The Labute approximate surface area is 163 Å². The first-order valence-electron chi connectivity index (χ1n) is 7.66. The van der Waals surface area contributed by atoms with Crippen LogP contribution in [-0.4, -0.2) is 23.1 Å². The molecule has 0 fully saturated rings. The van der Waals surface area contributed by atoms with Gasteiger partial charge in [0, 0.05) is 5.56 Å². The highest BCUT2D eigenvalue weighted by atomic mass is 35.5. The van der Waals surface area contributed by atoms with Gasteiger partial charge in [-0.15, -0.1) is 0 Å². The zero-order valence-corrected chi connectivity index (χ0v) is 15.5. The molecule has 1 aromatic heterocycles. The van der Waals surface area contributed by atoms with Crippen LogP contribution in [0.3, 0.4) is 0 Å². The molecule has 0 aliphatic rings. The summed E-state index contributed by atoms with van der Waals surface area (Å²) >= 11 is 12.0. The molecule has 0 amide bonds. The number of hydrogen-bond acceptors (Lipinski definition) is 5. The van der Waals surface area contributed by atoms with Crippen molar-refractivity contribution in [3.8, 4) is 11.4 Å². The van der Waals surface area contributed by atoms with Crippen LogP contribution in [0.5, 0.6) is 5.75 Å². The molecule has 1 N–H and O–H groups in total. The van der Waals surface area contributed by atoms with Gasteiger partial charge in [-0.1, -0.05) is 29.3 Å². The minimum atomic E-state index is -0.536. The molecule has 138 valence electrons. The Bertz CT molecular complexity index is 1030. The van der Waals surface area contributed by atoms with Gasteiger partial charge in [0.2, 0.25) is 0 Å². The lowest BCUT2D eigenvalue weighted by Gasteiger charge is -2.08. The van der Waals surface area contributed by atoms with E-state index >= 15 is 0 Å². The highest BCUT2D eigenvalue weighted by Gasteiger charge is 2.11. The number of nitrogens with zero attached hydrogens (tertiary/aromatic N) is 3. The molecule has 27 heavy (non-hydrogen) atoms. The van der Waals surface area contributed by atoms with Gasteiger partial charge in [0.1, 0.15) is 22.3 Å². The minimum absolute atomic E-state index is 0.113. The van der Waals surface area contributed by atoms with Crippen LogP contribution in [0.25, 0.3) is 5.69 Å². The van der Waals surface area contributed by atoms with E-state index < -0.39 is 11.4 Å². The van der Waals surface area contributed by atoms with E-state index in [2.05, 4.69) is 15.6 Å². The van der Waals surface area contributed by atoms with E-state index in [9.17, 15) is 9.18 Å². The molecule has 0 aliphatic heterocycles. The topological polar surface area (TPSA) is 68.5 Å².